The van der Waals surface area contributed by atoms with E-state index in [1.54, 1.807) is 4.31 Å². The van der Waals surface area contributed by atoms with Gasteiger partial charge in [0.15, 0.2) is 0 Å². The zero-order valence-corrected chi connectivity index (χ0v) is 8.12. The smallest absolute Gasteiger partial charge is 0.0970 e. The minimum Gasteiger partial charge on any atom is -0.389 e. The molecule has 72 valence electrons. The minimum atomic E-state index is -1.08. The lowest BCUT2D eigenvalue weighted by Crippen LogP contribution is -2.29. The van der Waals surface area contributed by atoms with Crippen LogP contribution in [-0.2, 0) is 11.0 Å². The summed E-state index contributed by atoms with van der Waals surface area (Å²) >= 11 is 0. The number of aliphatic hydroxyl groups is 2. The molecule has 0 aliphatic carbocycles. The lowest BCUT2D eigenvalue weighted by atomic mass is 10.3. The third kappa shape index (κ3) is 2.04. The number of hydrogen-bond donors (Lipinski definition) is 2. The molecule has 0 aromatic rings. The SMILES string of the molecule is CC(C)S(=O)N1CC(O)C(O)C1. The summed E-state index contributed by atoms with van der Waals surface area (Å²) in [6, 6.07) is 0. The molecule has 0 radical (unpaired) electrons. The van der Waals surface area contributed by atoms with Crippen molar-refractivity contribution in [2.45, 2.75) is 31.3 Å². The summed E-state index contributed by atoms with van der Waals surface area (Å²) in [7, 11) is -1.08. The van der Waals surface area contributed by atoms with Gasteiger partial charge in [0.05, 0.1) is 23.2 Å². The molecule has 5 heteroatoms. The van der Waals surface area contributed by atoms with Crippen molar-refractivity contribution >= 4 is 11.0 Å². The van der Waals surface area contributed by atoms with E-state index in [4.69, 9.17) is 0 Å². The predicted octanol–water partition coefficient (Wildman–Crippen LogP) is -0.904. The van der Waals surface area contributed by atoms with Crippen molar-refractivity contribution in [3.8, 4) is 0 Å². The first-order chi connectivity index (χ1) is 5.52. The second-order valence-electron chi connectivity index (χ2n) is 3.31. The number of hydrogen-bond acceptors (Lipinski definition) is 3. The van der Waals surface area contributed by atoms with E-state index in [-0.39, 0.29) is 5.25 Å². The zero-order chi connectivity index (χ0) is 9.30. The molecule has 3 atom stereocenters. The topological polar surface area (TPSA) is 60.8 Å². The number of aliphatic hydroxyl groups excluding tert-OH is 2. The normalized spacial score (nSPS) is 34.4. The molecule has 4 nitrogen and oxygen atoms in total. The fourth-order valence-electron chi connectivity index (χ4n) is 1.18. The standard InChI is InChI=1S/C7H15NO3S/c1-5(2)12(11)8-3-6(9)7(10)4-8/h5-7,9-10H,3-4H2,1-2H3. The van der Waals surface area contributed by atoms with Crippen LogP contribution in [0.5, 0.6) is 0 Å². The average molecular weight is 193 g/mol. The van der Waals surface area contributed by atoms with E-state index in [0.29, 0.717) is 13.1 Å². The molecule has 0 amide bonds. The largest absolute Gasteiger partial charge is 0.389 e. The van der Waals surface area contributed by atoms with Gasteiger partial charge in [-0.25, -0.2) is 8.51 Å². The lowest BCUT2D eigenvalue weighted by Gasteiger charge is -2.15. The Kier molecular flexibility index (Phi) is 3.22. The molecule has 1 fully saturated rings. The molecular formula is C7H15NO3S. The van der Waals surface area contributed by atoms with Crippen molar-refractivity contribution in [3.05, 3.63) is 0 Å². The summed E-state index contributed by atoms with van der Waals surface area (Å²) in [5.74, 6) is 0. The van der Waals surface area contributed by atoms with E-state index >= 15 is 0 Å². The van der Waals surface area contributed by atoms with Crippen molar-refractivity contribution in [1.29, 1.82) is 0 Å². The van der Waals surface area contributed by atoms with E-state index in [9.17, 15) is 14.4 Å². The molecule has 1 rings (SSSR count). The van der Waals surface area contributed by atoms with E-state index in [2.05, 4.69) is 0 Å². The van der Waals surface area contributed by atoms with Crippen LogP contribution in [0.3, 0.4) is 0 Å². The van der Waals surface area contributed by atoms with Gasteiger partial charge < -0.3 is 10.2 Å². The van der Waals surface area contributed by atoms with Gasteiger partial charge in [-0.2, -0.15) is 0 Å². The molecule has 1 aliphatic heterocycles. The Morgan fingerprint density at radius 1 is 1.33 bits per heavy atom. The number of rotatable bonds is 2. The minimum absolute atomic E-state index is 0.0440. The molecule has 0 saturated carbocycles. The fraction of sp³-hybridized carbons (Fsp3) is 1.00. The third-order valence-corrected chi connectivity index (χ3v) is 3.50. The summed E-state index contributed by atoms with van der Waals surface area (Å²) in [5.41, 5.74) is 0. The maximum absolute atomic E-state index is 11.5. The maximum atomic E-state index is 11.5. The molecule has 0 bridgehead atoms. The Hall–Kier alpha value is 0.0300. The van der Waals surface area contributed by atoms with Crippen molar-refractivity contribution in [3.63, 3.8) is 0 Å². The van der Waals surface area contributed by atoms with Gasteiger partial charge in [-0.15, -0.1) is 0 Å². The van der Waals surface area contributed by atoms with Crippen LogP contribution in [0.4, 0.5) is 0 Å². The van der Waals surface area contributed by atoms with Crippen LogP contribution in [0.15, 0.2) is 0 Å². The van der Waals surface area contributed by atoms with E-state index in [1.807, 2.05) is 13.8 Å². The Morgan fingerprint density at radius 3 is 2.08 bits per heavy atom. The summed E-state index contributed by atoms with van der Waals surface area (Å²) in [5, 5.41) is 18.4. The van der Waals surface area contributed by atoms with Gasteiger partial charge in [0.2, 0.25) is 0 Å². The van der Waals surface area contributed by atoms with E-state index in [1.165, 1.54) is 0 Å². The summed E-state index contributed by atoms with van der Waals surface area (Å²) in [6.45, 7) is 4.33. The summed E-state index contributed by atoms with van der Waals surface area (Å²) in [6.07, 6.45) is -1.49. The Labute approximate surface area is 74.8 Å². The van der Waals surface area contributed by atoms with Gasteiger partial charge >= 0.3 is 0 Å². The molecule has 0 spiro atoms. The zero-order valence-electron chi connectivity index (χ0n) is 7.30. The third-order valence-electron chi connectivity index (χ3n) is 1.88. The number of β-amino-alcohol motifs (C(OH)–C–C–N with tert-alkyl or cyclic N) is 2. The Balaban J connectivity index is 2.52. The highest BCUT2D eigenvalue weighted by molar-refractivity contribution is 7.83. The highest BCUT2D eigenvalue weighted by Gasteiger charge is 2.33. The first-order valence-electron chi connectivity index (χ1n) is 4.04. The molecule has 1 aliphatic rings. The lowest BCUT2D eigenvalue weighted by molar-refractivity contribution is 0.0572. The molecular weight excluding hydrogens is 178 g/mol. The Morgan fingerprint density at radius 2 is 1.75 bits per heavy atom. The van der Waals surface area contributed by atoms with Crippen molar-refractivity contribution in [1.82, 2.24) is 4.31 Å². The summed E-state index contributed by atoms with van der Waals surface area (Å²) in [4.78, 5) is 0. The fourth-order valence-corrected chi connectivity index (χ4v) is 2.38. The van der Waals surface area contributed by atoms with Crippen LogP contribution in [0.2, 0.25) is 0 Å². The van der Waals surface area contributed by atoms with Crippen molar-refractivity contribution < 1.29 is 14.4 Å². The predicted molar refractivity (Wildman–Crippen MR) is 46.9 cm³/mol. The van der Waals surface area contributed by atoms with E-state index < -0.39 is 23.2 Å². The van der Waals surface area contributed by atoms with Gasteiger partial charge in [0, 0.05) is 18.3 Å². The highest BCUT2D eigenvalue weighted by Crippen LogP contribution is 2.14. The summed E-state index contributed by atoms with van der Waals surface area (Å²) < 4.78 is 13.1. The molecule has 0 aromatic carbocycles. The first-order valence-corrected chi connectivity index (χ1v) is 5.21. The van der Waals surface area contributed by atoms with Crippen LogP contribution >= 0.6 is 0 Å². The van der Waals surface area contributed by atoms with Crippen LogP contribution < -0.4 is 0 Å². The molecule has 1 saturated heterocycles. The second-order valence-corrected chi connectivity index (χ2v) is 5.32. The van der Waals surface area contributed by atoms with Crippen molar-refractivity contribution in [2.75, 3.05) is 13.1 Å². The van der Waals surface area contributed by atoms with Crippen LogP contribution in [0.1, 0.15) is 13.8 Å². The second kappa shape index (κ2) is 3.83. The van der Waals surface area contributed by atoms with Crippen molar-refractivity contribution in [2.24, 2.45) is 0 Å². The highest BCUT2D eigenvalue weighted by atomic mass is 32.2. The molecule has 2 N–H and O–H groups in total. The van der Waals surface area contributed by atoms with Crippen LogP contribution in [0.25, 0.3) is 0 Å². The van der Waals surface area contributed by atoms with Crippen LogP contribution in [-0.4, -0.2) is 49.3 Å². The van der Waals surface area contributed by atoms with Gasteiger partial charge in [-0.1, -0.05) is 0 Å². The van der Waals surface area contributed by atoms with Crippen LogP contribution in [0, 0.1) is 0 Å². The molecule has 0 aromatic heterocycles. The Bertz CT molecular complexity index is 175. The molecule has 1 heterocycles. The first kappa shape index (κ1) is 10.1. The van der Waals surface area contributed by atoms with Gasteiger partial charge in [-0.05, 0) is 13.8 Å². The average Bonchev–Trinajstić information content (AvgIpc) is 2.30. The van der Waals surface area contributed by atoms with Gasteiger partial charge in [0.25, 0.3) is 0 Å². The number of nitrogens with zero attached hydrogens (tertiary/aromatic N) is 1. The molecule has 3 unspecified atom stereocenters. The maximum Gasteiger partial charge on any atom is 0.0970 e. The monoisotopic (exact) mass is 193 g/mol. The quantitative estimate of drug-likeness (QED) is 0.597. The molecule has 12 heavy (non-hydrogen) atoms. The van der Waals surface area contributed by atoms with Gasteiger partial charge in [-0.3, -0.25) is 0 Å². The van der Waals surface area contributed by atoms with Gasteiger partial charge in [0.1, 0.15) is 0 Å². The van der Waals surface area contributed by atoms with E-state index in [0.717, 1.165) is 0 Å².